The second kappa shape index (κ2) is 7.60. The molecule has 1 N–H and O–H groups in total. The highest BCUT2D eigenvalue weighted by molar-refractivity contribution is 5.40. The number of nitrogens with zero attached hydrogens (tertiary/aromatic N) is 3. The Morgan fingerprint density at radius 3 is 2.80 bits per heavy atom. The first-order valence-electron chi connectivity index (χ1n) is 7.77. The van der Waals surface area contributed by atoms with E-state index in [1.54, 1.807) is 0 Å². The Labute approximate surface area is 123 Å². The fourth-order valence-electron chi connectivity index (χ4n) is 2.51. The van der Waals surface area contributed by atoms with Crippen LogP contribution in [0, 0.1) is 0 Å². The van der Waals surface area contributed by atoms with E-state index in [4.69, 9.17) is 0 Å². The van der Waals surface area contributed by atoms with E-state index in [0.717, 1.165) is 25.5 Å². The van der Waals surface area contributed by atoms with Crippen LogP contribution in [0.3, 0.4) is 0 Å². The minimum absolute atomic E-state index is 0.513. The highest BCUT2D eigenvalue weighted by Crippen LogP contribution is 2.12. The van der Waals surface area contributed by atoms with Crippen LogP contribution in [-0.2, 0) is 6.54 Å². The van der Waals surface area contributed by atoms with Gasteiger partial charge in [0, 0.05) is 38.9 Å². The average molecular weight is 276 g/mol. The highest BCUT2D eigenvalue weighted by atomic mass is 15.2. The molecule has 0 unspecified atom stereocenters. The predicted octanol–water partition coefficient (Wildman–Crippen LogP) is 2.11. The van der Waals surface area contributed by atoms with Gasteiger partial charge in [-0.1, -0.05) is 13.8 Å². The van der Waals surface area contributed by atoms with Gasteiger partial charge in [-0.25, -0.2) is 4.98 Å². The summed E-state index contributed by atoms with van der Waals surface area (Å²) in [4.78, 5) is 9.29. The van der Waals surface area contributed by atoms with Crippen molar-refractivity contribution in [2.75, 3.05) is 38.1 Å². The summed E-state index contributed by atoms with van der Waals surface area (Å²) in [6.07, 6.45) is 4.63. The number of anilines is 1. The smallest absolute Gasteiger partial charge is 0.128 e. The lowest BCUT2D eigenvalue weighted by molar-refractivity contribution is 0.346. The SMILES string of the molecule is CC(C)NCc1ccnc(N(C)CCN2CCCC2)c1. The molecule has 0 aromatic carbocycles. The van der Waals surface area contributed by atoms with E-state index in [2.05, 4.69) is 53.1 Å². The molecule has 1 aromatic heterocycles. The molecule has 2 rings (SSSR count). The van der Waals surface area contributed by atoms with E-state index < -0.39 is 0 Å². The molecular formula is C16H28N4. The van der Waals surface area contributed by atoms with Gasteiger partial charge in [-0.15, -0.1) is 0 Å². The molecule has 1 aliphatic heterocycles. The van der Waals surface area contributed by atoms with Gasteiger partial charge in [0.05, 0.1) is 0 Å². The van der Waals surface area contributed by atoms with E-state index in [1.165, 1.54) is 31.5 Å². The maximum atomic E-state index is 4.49. The summed E-state index contributed by atoms with van der Waals surface area (Å²) in [5, 5.41) is 3.45. The van der Waals surface area contributed by atoms with Crippen molar-refractivity contribution in [3.63, 3.8) is 0 Å². The molecule has 0 spiro atoms. The fraction of sp³-hybridized carbons (Fsp3) is 0.688. The molecule has 1 fully saturated rings. The van der Waals surface area contributed by atoms with Gasteiger partial charge in [-0.3, -0.25) is 0 Å². The summed E-state index contributed by atoms with van der Waals surface area (Å²) >= 11 is 0. The summed E-state index contributed by atoms with van der Waals surface area (Å²) in [5.41, 5.74) is 1.30. The van der Waals surface area contributed by atoms with Gasteiger partial charge in [0.2, 0.25) is 0 Å². The third-order valence-electron chi connectivity index (χ3n) is 3.87. The maximum absolute atomic E-state index is 4.49. The van der Waals surface area contributed by atoms with Crippen molar-refractivity contribution in [1.82, 2.24) is 15.2 Å². The normalized spacial score (nSPS) is 16.0. The van der Waals surface area contributed by atoms with E-state index >= 15 is 0 Å². The first-order valence-corrected chi connectivity index (χ1v) is 7.77. The minimum atomic E-state index is 0.513. The lowest BCUT2D eigenvalue weighted by Gasteiger charge is -2.22. The largest absolute Gasteiger partial charge is 0.358 e. The number of rotatable bonds is 7. The molecule has 0 aliphatic carbocycles. The zero-order chi connectivity index (χ0) is 14.4. The summed E-state index contributed by atoms with van der Waals surface area (Å²) < 4.78 is 0. The third kappa shape index (κ3) is 4.76. The first-order chi connectivity index (χ1) is 9.65. The number of hydrogen-bond donors (Lipinski definition) is 1. The van der Waals surface area contributed by atoms with Crippen LogP contribution in [0.4, 0.5) is 5.82 Å². The molecule has 0 bridgehead atoms. The summed E-state index contributed by atoms with van der Waals surface area (Å²) in [6.45, 7) is 9.97. The molecule has 0 saturated carbocycles. The lowest BCUT2D eigenvalue weighted by Crippen LogP contribution is -2.31. The van der Waals surface area contributed by atoms with E-state index in [9.17, 15) is 0 Å². The van der Waals surface area contributed by atoms with Crippen molar-refractivity contribution in [3.8, 4) is 0 Å². The zero-order valence-electron chi connectivity index (χ0n) is 13.1. The van der Waals surface area contributed by atoms with Crippen LogP contribution in [0.15, 0.2) is 18.3 Å². The first kappa shape index (κ1) is 15.3. The van der Waals surface area contributed by atoms with E-state index in [0.29, 0.717) is 6.04 Å². The Bertz CT molecular complexity index is 399. The van der Waals surface area contributed by atoms with Gasteiger partial charge in [0.1, 0.15) is 5.82 Å². The Morgan fingerprint density at radius 2 is 2.10 bits per heavy atom. The van der Waals surface area contributed by atoms with Crippen LogP contribution in [0.5, 0.6) is 0 Å². The summed E-state index contributed by atoms with van der Waals surface area (Å²) in [6, 6.07) is 4.80. The Hall–Kier alpha value is -1.13. The summed E-state index contributed by atoms with van der Waals surface area (Å²) in [7, 11) is 2.14. The predicted molar refractivity (Wildman–Crippen MR) is 85.2 cm³/mol. The minimum Gasteiger partial charge on any atom is -0.358 e. The average Bonchev–Trinajstić information content (AvgIpc) is 2.96. The van der Waals surface area contributed by atoms with Crippen molar-refractivity contribution < 1.29 is 0 Å². The van der Waals surface area contributed by atoms with Gasteiger partial charge in [-0.05, 0) is 43.6 Å². The molecular weight excluding hydrogens is 248 g/mol. The van der Waals surface area contributed by atoms with Gasteiger partial charge >= 0.3 is 0 Å². The molecule has 1 aromatic rings. The number of hydrogen-bond acceptors (Lipinski definition) is 4. The van der Waals surface area contributed by atoms with Crippen LogP contribution in [0.1, 0.15) is 32.3 Å². The van der Waals surface area contributed by atoms with Gasteiger partial charge in [0.25, 0.3) is 0 Å². The molecule has 1 saturated heterocycles. The Kier molecular flexibility index (Phi) is 5.80. The van der Waals surface area contributed by atoms with E-state index in [1.807, 2.05) is 6.20 Å². The second-order valence-corrected chi connectivity index (χ2v) is 6.03. The Morgan fingerprint density at radius 1 is 1.35 bits per heavy atom. The van der Waals surface area contributed by atoms with Crippen molar-refractivity contribution >= 4 is 5.82 Å². The van der Waals surface area contributed by atoms with Crippen LogP contribution >= 0.6 is 0 Å². The zero-order valence-corrected chi connectivity index (χ0v) is 13.1. The van der Waals surface area contributed by atoms with E-state index in [-0.39, 0.29) is 0 Å². The molecule has 0 radical (unpaired) electrons. The summed E-state index contributed by atoms with van der Waals surface area (Å²) in [5.74, 6) is 1.08. The number of likely N-dealkylation sites (tertiary alicyclic amines) is 1. The van der Waals surface area contributed by atoms with Gasteiger partial charge in [-0.2, -0.15) is 0 Å². The van der Waals surface area contributed by atoms with Crippen molar-refractivity contribution in [3.05, 3.63) is 23.9 Å². The van der Waals surface area contributed by atoms with Crippen molar-refractivity contribution in [1.29, 1.82) is 0 Å². The molecule has 112 valence electrons. The highest BCUT2D eigenvalue weighted by Gasteiger charge is 2.12. The van der Waals surface area contributed by atoms with Crippen LogP contribution in [0.2, 0.25) is 0 Å². The Balaban J connectivity index is 1.84. The lowest BCUT2D eigenvalue weighted by atomic mass is 10.2. The molecule has 20 heavy (non-hydrogen) atoms. The fourth-order valence-corrected chi connectivity index (χ4v) is 2.51. The van der Waals surface area contributed by atoms with Crippen molar-refractivity contribution in [2.45, 2.75) is 39.3 Å². The molecule has 4 heteroatoms. The monoisotopic (exact) mass is 276 g/mol. The number of pyridine rings is 1. The third-order valence-corrected chi connectivity index (χ3v) is 3.87. The van der Waals surface area contributed by atoms with Crippen LogP contribution < -0.4 is 10.2 Å². The second-order valence-electron chi connectivity index (χ2n) is 6.03. The van der Waals surface area contributed by atoms with Gasteiger partial charge in [0.15, 0.2) is 0 Å². The molecule has 2 heterocycles. The van der Waals surface area contributed by atoms with Crippen molar-refractivity contribution in [2.24, 2.45) is 0 Å². The molecule has 0 atom stereocenters. The molecule has 1 aliphatic rings. The standard InChI is InChI=1S/C16H28N4/c1-14(2)18-13-15-6-7-17-16(12-15)19(3)10-11-20-8-4-5-9-20/h6-7,12,14,18H,4-5,8-11,13H2,1-3H3. The van der Waals surface area contributed by atoms with Crippen LogP contribution in [0.25, 0.3) is 0 Å². The number of aromatic nitrogens is 1. The maximum Gasteiger partial charge on any atom is 0.128 e. The topological polar surface area (TPSA) is 31.4 Å². The molecule has 4 nitrogen and oxygen atoms in total. The molecule has 0 amide bonds. The number of likely N-dealkylation sites (N-methyl/N-ethyl adjacent to an activating group) is 1. The van der Waals surface area contributed by atoms with Crippen LogP contribution in [-0.4, -0.2) is 49.2 Å². The number of nitrogens with one attached hydrogen (secondary N) is 1. The van der Waals surface area contributed by atoms with Gasteiger partial charge < -0.3 is 15.1 Å². The quantitative estimate of drug-likeness (QED) is 0.826.